The van der Waals surface area contributed by atoms with Crippen LogP contribution in [0.15, 0.2) is 18.2 Å². The summed E-state index contributed by atoms with van der Waals surface area (Å²) < 4.78 is 0. The van der Waals surface area contributed by atoms with Crippen molar-refractivity contribution in [1.29, 1.82) is 0 Å². The van der Waals surface area contributed by atoms with Gasteiger partial charge in [-0.15, -0.1) is 0 Å². The third-order valence-electron chi connectivity index (χ3n) is 5.18. The van der Waals surface area contributed by atoms with Crippen molar-refractivity contribution < 1.29 is 0 Å². The summed E-state index contributed by atoms with van der Waals surface area (Å²) in [6.07, 6.45) is 8.00. The first-order valence-corrected chi connectivity index (χ1v) is 8.06. The zero-order valence-electron chi connectivity index (χ0n) is 11.0. The predicted octanol–water partition coefficient (Wildman–Crippen LogP) is 4.56. The Hall–Kier alpha value is -0.240. The molecule has 102 valence electrons. The number of hydrogen-bond acceptors (Lipinski definition) is 1. The van der Waals surface area contributed by atoms with Gasteiger partial charge in [-0.3, -0.25) is 0 Å². The summed E-state index contributed by atoms with van der Waals surface area (Å²) in [5.74, 6) is 0. The number of rotatable bonds is 4. The van der Waals surface area contributed by atoms with Gasteiger partial charge >= 0.3 is 0 Å². The van der Waals surface area contributed by atoms with Crippen LogP contribution in [0.4, 0.5) is 0 Å². The van der Waals surface area contributed by atoms with Crippen molar-refractivity contribution in [2.45, 2.75) is 50.0 Å². The highest BCUT2D eigenvalue weighted by atomic mass is 35.5. The number of halogens is 2. The van der Waals surface area contributed by atoms with E-state index in [9.17, 15) is 0 Å². The fourth-order valence-electron chi connectivity index (χ4n) is 3.94. The molecule has 0 aromatic heterocycles. The van der Waals surface area contributed by atoms with Crippen LogP contribution in [0.5, 0.6) is 0 Å². The van der Waals surface area contributed by atoms with Crippen LogP contribution in [0.2, 0.25) is 10.0 Å². The summed E-state index contributed by atoms with van der Waals surface area (Å²) in [5.41, 5.74) is 2.03. The van der Waals surface area contributed by atoms with Crippen molar-refractivity contribution >= 4 is 23.2 Å². The molecule has 0 radical (unpaired) electrons. The highest BCUT2D eigenvalue weighted by Gasteiger charge is 2.62. The lowest BCUT2D eigenvalue weighted by Crippen LogP contribution is -2.50. The standard InChI is InChI=1S/C16H19Cl2N/c17-12-2-1-3-13(18)14(12)16(10-19-11-4-5-11)8-15(9-16)6-7-15/h1-3,11,19H,4-10H2. The van der Waals surface area contributed by atoms with Gasteiger partial charge in [0.15, 0.2) is 0 Å². The Bertz CT molecular complexity index is 489. The molecule has 1 spiro atoms. The molecule has 1 aromatic rings. The van der Waals surface area contributed by atoms with Crippen LogP contribution in [0.25, 0.3) is 0 Å². The molecule has 4 rings (SSSR count). The largest absolute Gasteiger partial charge is 0.313 e. The van der Waals surface area contributed by atoms with Gasteiger partial charge in [0.2, 0.25) is 0 Å². The van der Waals surface area contributed by atoms with Crippen molar-refractivity contribution in [3.05, 3.63) is 33.8 Å². The van der Waals surface area contributed by atoms with Gasteiger partial charge in [-0.05, 0) is 61.6 Å². The van der Waals surface area contributed by atoms with Crippen molar-refractivity contribution in [3.8, 4) is 0 Å². The maximum atomic E-state index is 6.46. The molecule has 0 heterocycles. The topological polar surface area (TPSA) is 12.0 Å². The molecule has 1 N–H and O–H groups in total. The minimum Gasteiger partial charge on any atom is -0.313 e. The van der Waals surface area contributed by atoms with E-state index in [1.54, 1.807) is 0 Å². The molecule has 0 saturated heterocycles. The number of nitrogens with one attached hydrogen (secondary N) is 1. The summed E-state index contributed by atoms with van der Waals surface area (Å²) in [6, 6.07) is 6.66. The second-order valence-corrected chi connectivity index (χ2v) is 7.70. The molecule has 3 aliphatic rings. The van der Waals surface area contributed by atoms with Gasteiger partial charge in [0.05, 0.1) is 0 Å². The van der Waals surface area contributed by atoms with Gasteiger partial charge in [0.25, 0.3) is 0 Å². The van der Waals surface area contributed by atoms with Gasteiger partial charge in [-0.1, -0.05) is 29.3 Å². The van der Waals surface area contributed by atoms with Gasteiger partial charge in [0, 0.05) is 28.0 Å². The van der Waals surface area contributed by atoms with Crippen LogP contribution in [0.1, 0.15) is 44.1 Å². The lowest BCUT2D eigenvalue weighted by Gasteiger charge is -2.50. The van der Waals surface area contributed by atoms with E-state index < -0.39 is 0 Å². The van der Waals surface area contributed by atoms with Crippen LogP contribution in [-0.2, 0) is 5.41 Å². The van der Waals surface area contributed by atoms with Crippen LogP contribution in [0, 0.1) is 5.41 Å². The second-order valence-electron chi connectivity index (χ2n) is 6.89. The zero-order chi connectivity index (χ0) is 13.1. The van der Waals surface area contributed by atoms with E-state index in [2.05, 4.69) is 5.32 Å². The Kier molecular flexibility index (Phi) is 2.72. The van der Waals surface area contributed by atoms with Gasteiger partial charge in [-0.2, -0.15) is 0 Å². The van der Waals surface area contributed by atoms with E-state index in [0.29, 0.717) is 5.41 Å². The zero-order valence-corrected chi connectivity index (χ0v) is 12.5. The molecule has 3 saturated carbocycles. The van der Waals surface area contributed by atoms with Gasteiger partial charge in [0.1, 0.15) is 0 Å². The maximum absolute atomic E-state index is 6.46. The minimum absolute atomic E-state index is 0.189. The fraction of sp³-hybridized carbons (Fsp3) is 0.625. The van der Waals surface area contributed by atoms with Crippen LogP contribution in [0.3, 0.4) is 0 Å². The second kappa shape index (κ2) is 4.13. The Morgan fingerprint density at radius 1 is 1.11 bits per heavy atom. The highest BCUT2D eigenvalue weighted by Crippen LogP contribution is 2.69. The first kappa shape index (κ1) is 12.5. The third-order valence-corrected chi connectivity index (χ3v) is 5.81. The summed E-state index contributed by atoms with van der Waals surface area (Å²) in [4.78, 5) is 0. The van der Waals surface area contributed by atoms with Gasteiger partial charge < -0.3 is 5.32 Å². The average molecular weight is 296 g/mol. The highest BCUT2D eigenvalue weighted by molar-refractivity contribution is 6.36. The van der Waals surface area contributed by atoms with Crippen molar-refractivity contribution in [1.82, 2.24) is 5.32 Å². The third kappa shape index (κ3) is 2.11. The Labute approximate surface area is 124 Å². The molecule has 0 aliphatic heterocycles. The Morgan fingerprint density at radius 2 is 1.74 bits per heavy atom. The van der Waals surface area contributed by atoms with Crippen molar-refractivity contribution in [2.75, 3.05) is 6.54 Å². The molecule has 0 unspecified atom stereocenters. The number of hydrogen-bond donors (Lipinski definition) is 1. The van der Waals surface area contributed by atoms with Crippen LogP contribution < -0.4 is 5.32 Å². The van der Waals surface area contributed by atoms with Crippen molar-refractivity contribution in [3.63, 3.8) is 0 Å². The monoisotopic (exact) mass is 295 g/mol. The molecule has 1 nitrogen and oxygen atoms in total. The van der Waals surface area contributed by atoms with Gasteiger partial charge in [-0.25, -0.2) is 0 Å². The summed E-state index contributed by atoms with van der Waals surface area (Å²) in [7, 11) is 0. The Morgan fingerprint density at radius 3 is 2.26 bits per heavy atom. The van der Waals surface area contributed by atoms with Crippen LogP contribution in [-0.4, -0.2) is 12.6 Å². The summed E-state index contributed by atoms with van der Waals surface area (Å²) in [6.45, 7) is 1.04. The molecule has 1 aromatic carbocycles. The molecule has 0 atom stereocenters. The van der Waals surface area contributed by atoms with E-state index in [-0.39, 0.29) is 5.41 Å². The minimum atomic E-state index is 0.189. The normalized spacial score (nSPS) is 26.2. The molecule has 3 fully saturated rings. The number of benzene rings is 1. The quantitative estimate of drug-likeness (QED) is 0.859. The van der Waals surface area contributed by atoms with Crippen LogP contribution >= 0.6 is 23.2 Å². The molecular formula is C16H19Cl2N. The molecule has 0 amide bonds. The summed E-state index contributed by atoms with van der Waals surface area (Å²) >= 11 is 12.9. The molecule has 19 heavy (non-hydrogen) atoms. The first-order chi connectivity index (χ1) is 9.13. The average Bonchev–Trinajstić information content (AvgIpc) is 3.20. The van der Waals surface area contributed by atoms with Crippen molar-refractivity contribution in [2.24, 2.45) is 5.41 Å². The van der Waals surface area contributed by atoms with E-state index in [1.807, 2.05) is 18.2 Å². The fourth-order valence-corrected chi connectivity index (χ4v) is 4.73. The molecule has 3 heteroatoms. The SMILES string of the molecule is Clc1cccc(Cl)c1C1(CNC2CC2)CC2(CC2)C1. The van der Waals surface area contributed by atoms with E-state index >= 15 is 0 Å². The molecule has 3 aliphatic carbocycles. The Balaban J connectivity index is 1.65. The lowest BCUT2D eigenvalue weighted by atomic mass is 9.56. The maximum Gasteiger partial charge on any atom is 0.0459 e. The molecular weight excluding hydrogens is 277 g/mol. The lowest BCUT2D eigenvalue weighted by molar-refractivity contribution is 0.116. The summed E-state index contributed by atoms with van der Waals surface area (Å²) in [5, 5.41) is 5.40. The first-order valence-electron chi connectivity index (χ1n) is 7.31. The van der Waals surface area contributed by atoms with E-state index in [1.165, 1.54) is 44.1 Å². The predicted molar refractivity (Wildman–Crippen MR) is 80.1 cm³/mol. The van der Waals surface area contributed by atoms with E-state index in [4.69, 9.17) is 23.2 Å². The van der Waals surface area contributed by atoms with E-state index in [0.717, 1.165) is 22.6 Å². The molecule has 0 bridgehead atoms. The smallest absolute Gasteiger partial charge is 0.0459 e.